The van der Waals surface area contributed by atoms with Gasteiger partial charge in [-0.1, -0.05) is 12.1 Å². The summed E-state index contributed by atoms with van der Waals surface area (Å²) in [6, 6.07) is 5.62. The van der Waals surface area contributed by atoms with Gasteiger partial charge in [0.05, 0.1) is 0 Å². The third-order valence-electron chi connectivity index (χ3n) is 3.18. The van der Waals surface area contributed by atoms with Crippen LogP contribution >= 0.6 is 0 Å². The fourth-order valence-corrected chi connectivity index (χ4v) is 2.13. The quantitative estimate of drug-likeness (QED) is 0.873. The molecule has 1 rings (SSSR count). The van der Waals surface area contributed by atoms with E-state index in [1.807, 2.05) is 19.1 Å². The minimum atomic E-state index is -4.19. The molecule has 1 N–H and O–H groups in total. The SMILES string of the molecule is CCN(CC(F)(F)F)c1ccc(CNC(C)(C)C)cc1C. The van der Waals surface area contributed by atoms with Crippen LogP contribution in [0, 0.1) is 6.92 Å². The molecule has 0 heterocycles. The molecule has 1 aromatic rings. The third-order valence-corrected chi connectivity index (χ3v) is 3.18. The summed E-state index contributed by atoms with van der Waals surface area (Å²) < 4.78 is 37.8. The number of alkyl halides is 3. The monoisotopic (exact) mass is 302 g/mol. The number of anilines is 1. The number of rotatable bonds is 5. The van der Waals surface area contributed by atoms with Crippen molar-refractivity contribution in [2.24, 2.45) is 0 Å². The molecule has 0 aromatic heterocycles. The van der Waals surface area contributed by atoms with Gasteiger partial charge in [-0.25, -0.2) is 0 Å². The van der Waals surface area contributed by atoms with Gasteiger partial charge in [0, 0.05) is 24.3 Å². The van der Waals surface area contributed by atoms with Crippen LogP contribution in [0.5, 0.6) is 0 Å². The summed E-state index contributed by atoms with van der Waals surface area (Å²) in [4.78, 5) is 1.36. The normalized spacial score (nSPS) is 12.6. The van der Waals surface area contributed by atoms with Crippen molar-refractivity contribution in [3.05, 3.63) is 29.3 Å². The second-order valence-corrected chi connectivity index (χ2v) is 6.35. The Balaban J connectivity index is 2.86. The van der Waals surface area contributed by atoms with E-state index < -0.39 is 12.7 Å². The van der Waals surface area contributed by atoms with Crippen molar-refractivity contribution < 1.29 is 13.2 Å². The van der Waals surface area contributed by atoms with E-state index in [0.717, 1.165) is 11.1 Å². The number of aryl methyl sites for hydroxylation is 1. The highest BCUT2D eigenvalue weighted by molar-refractivity contribution is 5.54. The Hall–Kier alpha value is -1.23. The van der Waals surface area contributed by atoms with Gasteiger partial charge in [0.25, 0.3) is 0 Å². The number of halogens is 3. The predicted molar refractivity (Wildman–Crippen MR) is 81.7 cm³/mol. The average molecular weight is 302 g/mol. The Kier molecular flexibility index (Phi) is 5.68. The maximum Gasteiger partial charge on any atom is 0.405 e. The number of hydrogen-bond acceptors (Lipinski definition) is 2. The first-order chi connectivity index (χ1) is 9.52. The fraction of sp³-hybridized carbons (Fsp3) is 0.625. The summed E-state index contributed by atoms with van der Waals surface area (Å²) in [6.07, 6.45) is -4.19. The molecular formula is C16H25F3N2. The second-order valence-electron chi connectivity index (χ2n) is 6.35. The van der Waals surface area contributed by atoms with Crippen molar-refractivity contribution in [2.45, 2.75) is 52.9 Å². The van der Waals surface area contributed by atoms with Crippen molar-refractivity contribution in [1.82, 2.24) is 5.32 Å². The summed E-state index contributed by atoms with van der Waals surface area (Å²) in [7, 11) is 0. The van der Waals surface area contributed by atoms with Crippen molar-refractivity contribution in [3.8, 4) is 0 Å². The molecule has 0 saturated heterocycles. The first kappa shape index (κ1) is 17.8. The molecule has 0 aliphatic carbocycles. The first-order valence-electron chi connectivity index (χ1n) is 7.18. The molecule has 120 valence electrons. The van der Waals surface area contributed by atoms with E-state index in [1.54, 1.807) is 13.0 Å². The van der Waals surface area contributed by atoms with Crippen LogP contribution in [0.3, 0.4) is 0 Å². The maximum atomic E-state index is 12.6. The summed E-state index contributed by atoms with van der Waals surface area (Å²) >= 11 is 0. The predicted octanol–water partition coefficient (Wildman–Crippen LogP) is 4.27. The zero-order valence-electron chi connectivity index (χ0n) is 13.4. The van der Waals surface area contributed by atoms with Crippen LogP contribution in [0.25, 0.3) is 0 Å². The zero-order chi connectivity index (χ0) is 16.3. The summed E-state index contributed by atoms with van der Waals surface area (Å²) in [6.45, 7) is 9.96. The molecule has 0 radical (unpaired) electrons. The molecule has 0 unspecified atom stereocenters. The third kappa shape index (κ3) is 6.38. The minimum Gasteiger partial charge on any atom is -0.363 e. The molecule has 21 heavy (non-hydrogen) atoms. The Labute approximate surface area is 125 Å². The van der Waals surface area contributed by atoms with E-state index in [-0.39, 0.29) is 5.54 Å². The van der Waals surface area contributed by atoms with Crippen molar-refractivity contribution in [1.29, 1.82) is 0 Å². The van der Waals surface area contributed by atoms with E-state index in [4.69, 9.17) is 0 Å². The number of benzene rings is 1. The van der Waals surface area contributed by atoms with Crippen molar-refractivity contribution >= 4 is 5.69 Å². The zero-order valence-corrected chi connectivity index (χ0v) is 13.4. The topological polar surface area (TPSA) is 15.3 Å². The molecule has 0 amide bonds. The first-order valence-corrected chi connectivity index (χ1v) is 7.18. The molecule has 0 atom stereocenters. The van der Waals surface area contributed by atoms with Crippen LogP contribution in [0.4, 0.5) is 18.9 Å². The maximum absolute atomic E-state index is 12.6. The molecular weight excluding hydrogens is 277 g/mol. The van der Waals surface area contributed by atoms with Gasteiger partial charge in [0.15, 0.2) is 0 Å². The molecule has 0 bridgehead atoms. The van der Waals surface area contributed by atoms with E-state index in [2.05, 4.69) is 26.1 Å². The number of nitrogens with zero attached hydrogens (tertiary/aromatic N) is 1. The van der Waals surface area contributed by atoms with Crippen LogP contribution in [-0.4, -0.2) is 24.8 Å². The Morgan fingerprint density at radius 2 is 1.76 bits per heavy atom. The Morgan fingerprint density at radius 1 is 1.14 bits per heavy atom. The molecule has 0 saturated carbocycles. The lowest BCUT2D eigenvalue weighted by molar-refractivity contribution is -0.119. The Morgan fingerprint density at radius 3 is 2.19 bits per heavy atom. The molecule has 0 spiro atoms. The Bertz CT molecular complexity index is 462. The van der Waals surface area contributed by atoms with Gasteiger partial charge < -0.3 is 10.2 Å². The van der Waals surface area contributed by atoms with Crippen molar-refractivity contribution in [3.63, 3.8) is 0 Å². The number of hydrogen-bond donors (Lipinski definition) is 1. The lowest BCUT2D eigenvalue weighted by Crippen LogP contribution is -2.35. The van der Waals surface area contributed by atoms with E-state index in [9.17, 15) is 13.2 Å². The summed E-state index contributed by atoms with van der Waals surface area (Å²) in [5.41, 5.74) is 2.61. The molecule has 5 heteroatoms. The smallest absolute Gasteiger partial charge is 0.363 e. The van der Waals surface area contributed by atoms with E-state index in [1.165, 1.54) is 4.90 Å². The number of nitrogens with one attached hydrogen (secondary N) is 1. The average Bonchev–Trinajstić information content (AvgIpc) is 2.32. The van der Waals surface area contributed by atoms with Gasteiger partial charge in [0.1, 0.15) is 6.54 Å². The van der Waals surface area contributed by atoms with Gasteiger partial charge >= 0.3 is 6.18 Å². The largest absolute Gasteiger partial charge is 0.405 e. The van der Waals surface area contributed by atoms with Gasteiger partial charge in [0.2, 0.25) is 0 Å². The van der Waals surface area contributed by atoms with Crippen LogP contribution in [0.15, 0.2) is 18.2 Å². The highest BCUT2D eigenvalue weighted by Gasteiger charge is 2.30. The minimum absolute atomic E-state index is 0.0122. The highest BCUT2D eigenvalue weighted by Crippen LogP contribution is 2.25. The highest BCUT2D eigenvalue weighted by atomic mass is 19.4. The van der Waals surface area contributed by atoms with Crippen LogP contribution in [-0.2, 0) is 6.54 Å². The molecule has 1 aromatic carbocycles. The van der Waals surface area contributed by atoms with Gasteiger partial charge in [-0.05, 0) is 51.8 Å². The van der Waals surface area contributed by atoms with Crippen LogP contribution in [0.1, 0.15) is 38.8 Å². The van der Waals surface area contributed by atoms with Gasteiger partial charge in [-0.2, -0.15) is 13.2 Å². The molecule has 2 nitrogen and oxygen atoms in total. The van der Waals surface area contributed by atoms with Crippen molar-refractivity contribution in [2.75, 3.05) is 18.0 Å². The van der Waals surface area contributed by atoms with E-state index in [0.29, 0.717) is 18.8 Å². The van der Waals surface area contributed by atoms with Gasteiger partial charge in [-0.15, -0.1) is 0 Å². The molecule has 0 fully saturated rings. The van der Waals surface area contributed by atoms with E-state index >= 15 is 0 Å². The lowest BCUT2D eigenvalue weighted by atomic mass is 10.1. The van der Waals surface area contributed by atoms with Crippen LogP contribution in [0.2, 0.25) is 0 Å². The fourth-order valence-electron chi connectivity index (χ4n) is 2.13. The summed E-state index contributed by atoms with van der Waals surface area (Å²) in [5, 5.41) is 3.37. The standard InChI is InChI=1S/C16H25F3N2/c1-6-21(11-16(17,18)19)14-8-7-13(9-12(14)2)10-20-15(3,4)5/h7-9,20H,6,10-11H2,1-5H3. The lowest BCUT2D eigenvalue weighted by Gasteiger charge is -2.27. The van der Waals surface area contributed by atoms with Gasteiger partial charge in [-0.3, -0.25) is 0 Å². The summed E-state index contributed by atoms with van der Waals surface area (Å²) in [5.74, 6) is 0. The van der Waals surface area contributed by atoms with Crippen LogP contribution < -0.4 is 10.2 Å². The second kappa shape index (κ2) is 6.69. The molecule has 0 aliphatic heterocycles. The molecule has 0 aliphatic rings.